The summed E-state index contributed by atoms with van der Waals surface area (Å²) in [4.78, 5) is 24.0. The predicted octanol–water partition coefficient (Wildman–Crippen LogP) is 2.18. The summed E-state index contributed by atoms with van der Waals surface area (Å²) in [6.07, 6.45) is 1.49. The van der Waals surface area contributed by atoms with E-state index < -0.39 is 21.8 Å². The van der Waals surface area contributed by atoms with Crippen molar-refractivity contribution in [3.8, 4) is 0 Å². The molecular formula is C20H23N3O4S. The van der Waals surface area contributed by atoms with E-state index in [2.05, 4.69) is 10.6 Å². The molecule has 1 aliphatic rings. The first-order valence-electron chi connectivity index (χ1n) is 9.10. The lowest BCUT2D eigenvalue weighted by molar-refractivity contribution is -0.136. The van der Waals surface area contributed by atoms with Gasteiger partial charge in [0.1, 0.15) is 0 Å². The minimum absolute atomic E-state index is 0.145. The fraction of sp³-hybridized carbons (Fsp3) is 0.300. The van der Waals surface area contributed by atoms with Crippen molar-refractivity contribution in [3.05, 3.63) is 59.7 Å². The summed E-state index contributed by atoms with van der Waals surface area (Å²) in [6, 6.07) is 14.1. The Balaban J connectivity index is 1.56. The Hall–Kier alpha value is -2.87. The Kier molecular flexibility index (Phi) is 5.99. The van der Waals surface area contributed by atoms with Crippen LogP contribution in [0.1, 0.15) is 24.0 Å². The quantitative estimate of drug-likeness (QED) is 0.768. The lowest BCUT2D eigenvalue weighted by Gasteiger charge is -2.28. The fourth-order valence-corrected chi connectivity index (χ4v) is 4.59. The average Bonchev–Trinajstić information content (AvgIpc) is 2.68. The Morgan fingerprint density at radius 1 is 0.964 bits per heavy atom. The van der Waals surface area contributed by atoms with Crippen molar-refractivity contribution in [2.45, 2.75) is 26.3 Å². The van der Waals surface area contributed by atoms with Gasteiger partial charge in [0.05, 0.1) is 11.4 Å². The van der Waals surface area contributed by atoms with Crippen LogP contribution in [0.3, 0.4) is 0 Å². The van der Waals surface area contributed by atoms with E-state index in [9.17, 15) is 18.0 Å². The van der Waals surface area contributed by atoms with E-state index in [0.717, 1.165) is 17.5 Å². The van der Waals surface area contributed by atoms with Gasteiger partial charge in [0.25, 0.3) is 0 Å². The molecule has 8 heteroatoms. The van der Waals surface area contributed by atoms with Crippen molar-refractivity contribution < 1.29 is 18.0 Å². The van der Waals surface area contributed by atoms with Crippen LogP contribution in [0.2, 0.25) is 0 Å². The number of hydrogen-bond acceptors (Lipinski definition) is 4. The third-order valence-electron chi connectivity index (χ3n) is 4.54. The molecule has 2 aromatic carbocycles. The molecule has 0 spiro atoms. The zero-order valence-corrected chi connectivity index (χ0v) is 16.5. The maximum atomic E-state index is 12.1. The molecule has 2 aromatic rings. The Morgan fingerprint density at radius 2 is 1.64 bits per heavy atom. The van der Waals surface area contributed by atoms with Gasteiger partial charge >= 0.3 is 11.8 Å². The summed E-state index contributed by atoms with van der Waals surface area (Å²) >= 11 is 0. The lowest BCUT2D eigenvalue weighted by atomic mass is 10.1. The van der Waals surface area contributed by atoms with Crippen LogP contribution in [-0.4, -0.2) is 32.5 Å². The fourth-order valence-electron chi connectivity index (χ4n) is 2.95. The van der Waals surface area contributed by atoms with Gasteiger partial charge in [-0.05, 0) is 49.6 Å². The van der Waals surface area contributed by atoms with Gasteiger partial charge in [0.2, 0.25) is 10.0 Å². The predicted molar refractivity (Wildman–Crippen MR) is 108 cm³/mol. The van der Waals surface area contributed by atoms with Crippen LogP contribution in [0, 0.1) is 6.92 Å². The van der Waals surface area contributed by atoms with Crippen molar-refractivity contribution in [2.24, 2.45) is 0 Å². The highest BCUT2D eigenvalue weighted by Gasteiger charge is 2.25. The van der Waals surface area contributed by atoms with Gasteiger partial charge in [0, 0.05) is 18.8 Å². The van der Waals surface area contributed by atoms with Crippen LogP contribution in [0.5, 0.6) is 0 Å². The minimum atomic E-state index is -3.28. The van der Waals surface area contributed by atoms with Crippen LogP contribution in [0.15, 0.2) is 48.5 Å². The van der Waals surface area contributed by atoms with Crippen LogP contribution in [-0.2, 0) is 26.2 Å². The summed E-state index contributed by atoms with van der Waals surface area (Å²) in [6.45, 7) is 2.69. The van der Waals surface area contributed by atoms with Crippen molar-refractivity contribution in [1.29, 1.82) is 0 Å². The second kappa shape index (κ2) is 8.43. The van der Waals surface area contributed by atoms with Crippen LogP contribution >= 0.6 is 0 Å². The summed E-state index contributed by atoms with van der Waals surface area (Å²) < 4.78 is 25.7. The number of rotatable bonds is 4. The van der Waals surface area contributed by atoms with E-state index in [4.69, 9.17) is 0 Å². The molecule has 0 aliphatic carbocycles. The molecule has 0 bridgehead atoms. The lowest BCUT2D eigenvalue weighted by Crippen LogP contribution is -2.37. The standard InChI is InChI=1S/C20H23N3O4S/c1-15-4-6-16(7-5-15)14-21-19(24)20(25)22-17-8-10-18(11-9-17)23-12-2-3-13-28(23,26)27/h4-11H,2-3,12-14H2,1H3,(H,21,24)(H,22,25). The Bertz CT molecular complexity index is 954. The zero-order valence-electron chi connectivity index (χ0n) is 15.6. The first-order chi connectivity index (χ1) is 13.3. The summed E-state index contributed by atoms with van der Waals surface area (Å²) in [5.74, 6) is -1.36. The van der Waals surface area contributed by atoms with Crippen molar-refractivity contribution >= 4 is 33.2 Å². The van der Waals surface area contributed by atoms with E-state index in [-0.39, 0.29) is 12.3 Å². The molecule has 2 N–H and O–H groups in total. The van der Waals surface area contributed by atoms with E-state index >= 15 is 0 Å². The number of carbonyl (C=O) groups is 2. The highest BCUT2D eigenvalue weighted by Crippen LogP contribution is 2.24. The van der Waals surface area contributed by atoms with Gasteiger partial charge in [-0.3, -0.25) is 13.9 Å². The summed E-state index contributed by atoms with van der Waals surface area (Å²) in [7, 11) is -3.28. The highest BCUT2D eigenvalue weighted by molar-refractivity contribution is 7.92. The van der Waals surface area contributed by atoms with E-state index in [0.29, 0.717) is 24.3 Å². The normalized spacial score (nSPS) is 15.7. The molecule has 1 fully saturated rings. The number of aryl methyl sites for hydroxylation is 1. The molecule has 0 aromatic heterocycles. The Labute approximate surface area is 164 Å². The molecule has 2 amide bonds. The highest BCUT2D eigenvalue weighted by atomic mass is 32.2. The van der Waals surface area contributed by atoms with Crippen LogP contribution in [0.4, 0.5) is 11.4 Å². The molecule has 0 atom stereocenters. The number of carbonyl (C=O) groups excluding carboxylic acids is 2. The van der Waals surface area contributed by atoms with E-state index in [1.54, 1.807) is 24.3 Å². The van der Waals surface area contributed by atoms with Crippen molar-refractivity contribution in [2.75, 3.05) is 21.9 Å². The molecule has 28 heavy (non-hydrogen) atoms. The van der Waals surface area contributed by atoms with Gasteiger partial charge in [-0.1, -0.05) is 29.8 Å². The molecule has 3 rings (SSSR count). The Morgan fingerprint density at radius 3 is 2.29 bits per heavy atom. The maximum Gasteiger partial charge on any atom is 0.313 e. The second-order valence-corrected chi connectivity index (χ2v) is 8.78. The third kappa shape index (κ3) is 4.89. The van der Waals surface area contributed by atoms with E-state index in [1.807, 2.05) is 31.2 Å². The van der Waals surface area contributed by atoms with Crippen LogP contribution < -0.4 is 14.9 Å². The zero-order chi connectivity index (χ0) is 20.1. The number of nitrogens with one attached hydrogen (secondary N) is 2. The number of nitrogens with zero attached hydrogens (tertiary/aromatic N) is 1. The monoisotopic (exact) mass is 401 g/mol. The summed E-state index contributed by atoms with van der Waals surface area (Å²) in [5, 5.41) is 5.09. The smallest absolute Gasteiger partial charge is 0.313 e. The second-order valence-electron chi connectivity index (χ2n) is 6.76. The maximum absolute atomic E-state index is 12.1. The largest absolute Gasteiger partial charge is 0.344 e. The summed E-state index contributed by atoms with van der Waals surface area (Å²) in [5.41, 5.74) is 3.00. The minimum Gasteiger partial charge on any atom is -0.344 e. The van der Waals surface area contributed by atoms with E-state index in [1.165, 1.54) is 4.31 Å². The van der Waals surface area contributed by atoms with Gasteiger partial charge in [0.15, 0.2) is 0 Å². The molecule has 1 saturated heterocycles. The van der Waals surface area contributed by atoms with Gasteiger partial charge < -0.3 is 10.6 Å². The van der Waals surface area contributed by atoms with Gasteiger partial charge in [-0.2, -0.15) is 0 Å². The number of anilines is 2. The first-order valence-corrected chi connectivity index (χ1v) is 10.7. The van der Waals surface area contributed by atoms with Crippen molar-refractivity contribution in [1.82, 2.24) is 5.32 Å². The molecule has 1 aliphatic heterocycles. The SMILES string of the molecule is Cc1ccc(CNC(=O)C(=O)Nc2ccc(N3CCCCS3(=O)=O)cc2)cc1. The average molecular weight is 401 g/mol. The number of hydrogen-bond donors (Lipinski definition) is 2. The molecular weight excluding hydrogens is 378 g/mol. The topological polar surface area (TPSA) is 95.6 Å². The molecule has 1 heterocycles. The molecule has 7 nitrogen and oxygen atoms in total. The van der Waals surface area contributed by atoms with Gasteiger partial charge in [-0.15, -0.1) is 0 Å². The van der Waals surface area contributed by atoms with Crippen LogP contribution in [0.25, 0.3) is 0 Å². The molecule has 0 saturated carbocycles. The molecule has 0 radical (unpaired) electrons. The third-order valence-corrected chi connectivity index (χ3v) is 6.41. The molecule has 148 valence electrons. The van der Waals surface area contributed by atoms with Crippen molar-refractivity contribution in [3.63, 3.8) is 0 Å². The number of amides is 2. The number of benzene rings is 2. The molecule has 0 unspecified atom stereocenters. The first kappa shape index (κ1) is 19.9. The van der Waals surface area contributed by atoms with Gasteiger partial charge in [-0.25, -0.2) is 8.42 Å². The number of sulfonamides is 1.